The third kappa shape index (κ3) is 2.21. The van der Waals surface area contributed by atoms with Crippen LogP contribution in [0.1, 0.15) is 10.4 Å². The summed E-state index contributed by atoms with van der Waals surface area (Å²) in [4.78, 5) is 24.8. The van der Waals surface area contributed by atoms with Gasteiger partial charge < -0.3 is 5.32 Å². The van der Waals surface area contributed by atoms with E-state index in [1.807, 2.05) is 5.32 Å². The molecule has 0 radical (unpaired) electrons. The van der Waals surface area contributed by atoms with Crippen LogP contribution < -0.4 is 10.6 Å². The van der Waals surface area contributed by atoms with E-state index in [2.05, 4.69) is 10.3 Å². The highest BCUT2D eigenvalue weighted by Gasteiger charge is 2.17. The van der Waals surface area contributed by atoms with Crippen LogP contribution in [0, 0.1) is 5.82 Å². The van der Waals surface area contributed by atoms with Gasteiger partial charge in [-0.05, 0) is 0 Å². The standard InChI is InChI=1S/C8H7ClFN3O2/c1-11-6-4(8(15)13-3-14)2-12-7(9)5(6)10/h2-3H,1H3,(H,11,12)(H,13,14,15). The Bertz CT molecular complexity index is 411. The lowest BCUT2D eigenvalue weighted by Crippen LogP contribution is -2.23. The predicted molar refractivity (Wildman–Crippen MR) is 52.3 cm³/mol. The minimum absolute atomic E-state index is 0.0912. The van der Waals surface area contributed by atoms with Crippen molar-refractivity contribution in [2.24, 2.45) is 0 Å². The van der Waals surface area contributed by atoms with Crippen LogP contribution in [0.4, 0.5) is 10.1 Å². The molecular formula is C8H7ClFN3O2. The number of hydrogen-bond acceptors (Lipinski definition) is 4. The number of carbonyl (C=O) groups is 2. The Morgan fingerprint density at radius 1 is 1.67 bits per heavy atom. The van der Waals surface area contributed by atoms with Crippen LogP contribution in [0.25, 0.3) is 0 Å². The summed E-state index contributed by atoms with van der Waals surface area (Å²) in [6.45, 7) is 0. The van der Waals surface area contributed by atoms with Gasteiger partial charge in [-0.3, -0.25) is 14.9 Å². The van der Waals surface area contributed by atoms with E-state index in [0.29, 0.717) is 0 Å². The van der Waals surface area contributed by atoms with E-state index in [0.717, 1.165) is 6.20 Å². The summed E-state index contributed by atoms with van der Waals surface area (Å²) in [5, 5.41) is 4.00. The van der Waals surface area contributed by atoms with Gasteiger partial charge in [-0.15, -0.1) is 0 Å². The minimum atomic E-state index is -0.835. The monoisotopic (exact) mass is 231 g/mol. The Labute approximate surface area is 89.6 Å². The lowest BCUT2D eigenvalue weighted by atomic mass is 10.2. The van der Waals surface area contributed by atoms with Gasteiger partial charge in [-0.2, -0.15) is 0 Å². The smallest absolute Gasteiger partial charge is 0.261 e. The van der Waals surface area contributed by atoms with E-state index < -0.39 is 11.7 Å². The van der Waals surface area contributed by atoms with E-state index in [1.54, 1.807) is 0 Å². The number of hydrogen-bond donors (Lipinski definition) is 2. The number of anilines is 1. The molecule has 0 fully saturated rings. The molecule has 0 saturated carbocycles. The maximum atomic E-state index is 13.3. The zero-order chi connectivity index (χ0) is 11.4. The van der Waals surface area contributed by atoms with Gasteiger partial charge in [0.15, 0.2) is 11.0 Å². The van der Waals surface area contributed by atoms with Crippen molar-refractivity contribution in [2.75, 3.05) is 12.4 Å². The summed E-state index contributed by atoms with van der Waals surface area (Å²) in [6.07, 6.45) is 1.28. The van der Waals surface area contributed by atoms with E-state index >= 15 is 0 Å². The fraction of sp³-hybridized carbons (Fsp3) is 0.125. The van der Waals surface area contributed by atoms with Crippen molar-refractivity contribution < 1.29 is 14.0 Å². The summed E-state index contributed by atoms with van der Waals surface area (Å²) in [7, 11) is 1.42. The van der Waals surface area contributed by atoms with Gasteiger partial charge in [0, 0.05) is 13.2 Å². The number of halogens is 2. The molecule has 80 valence electrons. The number of pyridine rings is 1. The summed E-state index contributed by atoms with van der Waals surface area (Å²) >= 11 is 5.42. The van der Waals surface area contributed by atoms with Crippen molar-refractivity contribution >= 4 is 29.6 Å². The quantitative estimate of drug-likeness (QED) is 0.596. The Kier molecular flexibility index (Phi) is 3.56. The molecule has 15 heavy (non-hydrogen) atoms. The predicted octanol–water partition coefficient (Wildman–Crippen LogP) is 0.802. The molecule has 0 atom stereocenters. The normalized spacial score (nSPS) is 9.53. The highest BCUT2D eigenvalue weighted by molar-refractivity contribution is 6.30. The van der Waals surface area contributed by atoms with E-state index in [1.165, 1.54) is 7.05 Å². The van der Waals surface area contributed by atoms with Gasteiger partial charge in [-0.25, -0.2) is 9.37 Å². The van der Waals surface area contributed by atoms with Gasteiger partial charge in [0.25, 0.3) is 5.91 Å². The second-order valence-electron chi connectivity index (χ2n) is 2.49. The van der Waals surface area contributed by atoms with Crippen molar-refractivity contribution in [1.29, 1.82) is 0 Å². The first-order chi connectivity index (χ1) is 7.11. The second kappa shape index (κ2) is 4.70. The molecule has 0 aliphatic heterocycles. The average Bonchev–Trinajstić information content (AvgIpc) is 2.22. The maximum absolute atomic E-state index is 13.3. The van der Waals surface area contributed by atoms with Gasteiger partial charge in [-0.1, -0.05) is 11.6 Å². The Hall–Kier alpha value is -1.69. The van der Waals surface area contributed by atoms with Gasteiger partial charge in [0.1, 0.15) is 0 Å². The SMILES string of the molecule is CNc1c(C(=O)NC=O)cnc(Cl)c1F. The Morgan fingerprint density at radius 2 is 2.33 bits per heavy atom. The molecule has 0 saturated heterocycles. The number of nitrogens with one attached hydrogen (secondary N) is 2. The van der Waals surface area contributed by atoms with Crippen molar-refractivity contribution in [2.45, 2.75) is 0 Å². The summed E-state index contributed by atoms with van der Waals surface area (Å²) in [6, 6.07) is 0. The lowest BCUT2D eigenvalue weighted by Gasteiger charge is -2.08. The van der Waals surface area contributed by atoms with Crippen LogP contribution in [0.2, 0.25) is 5.15 Å². The highest BCUT2D eigenvalue weighted by Crippen LogP contribution is 2.23. The lowest BCUT2D eigenvalue weighted by molar-refractivity contribution is -0.108. The molecule has 2 amide bonds. The first kappa shape index (κ1) is 11.4. The molecule has 5 nitrogen and oxygen atoms in total. The number of imide groups is 1. The van der Waals surface area contributed by atoms with E-state index in [4.69, 9.17) is 11.6 Å². The maximum Gasteiger partial charge on any atom is 0.261 e. The number of nitrogens with zero attached hydrogens (tertiary/aromatic N) is 1. The topological polar surface area (TPSA) is 71.1 Å². The molecule has 0 spiro atoms. The molecule has 0 bridgehead atoms. The second-order valence-corrected chi connectivity index (χ2v) is 2.85. The number of carbonyl (C=O) groups excluding carboxylic acids is 2. The van der Waals surface area contributed by atoms with Crippen LogP contribution in [0.5, 0.6) is 0 Å². The zero-order valence-corrected chi connectivity index (χ0v) is 8.43. The zero-order valence-electron chi connectivity index (χ0n) is 7.67. The molecule has 0 aromatic carbocycles. The number of aromatic nitrogens is 1. The summed E-state index contributed by atoms with van der Waals surface area (Å²) in [5.74, 6) is -1.59. The molecule has 2 N–H and O–H groups in total. The van der Waals surface area contributed by atoms with Gasteiger partial charge in [0.05, 0.1) is 11.3 Å². The van der Waals surface area contributed by atoms with Crippen molar-refractivity contribution in [3.8, 4) is 0 Å². The highest BCUT2D eigenvalue weighted by atomic mass is 35.5. The van der Waals surface area contributed by atoms with Crippen LogP contribution in [0.15, 0.2) is 6.20 Å². The number of rotatable bonds is 3. The van der Waals surface area contributed by atoms with Crippen LogP contribution in [0.3, 0.4) is 0 Å². The van der Waals surface area contributed by atoms with Gasteiger partial charge >= 0.3 is 0 Å². The molecular weight excluding hydrogens is 225 g/mol. The van der Waals surface area contributed by atoms with Crippen LogP contribution in [-0.4, -0.2) is 24.3 Å². The fourth-order valence-corrected chi connectivity index (χ4v) is 1.15. The third-order valence-electron chi connectivity index (χ3n) is 1.66. The molecule has 1 heterocycles. The molecule has 0 aliphatic carbocycles. The molecule has 1 aromatic rings. The van der Waals surface area contributed by atoms with Crippen molar-refractivity contribution in [1.82, 2.24) is 10.3 Å². The number of amides is 2. The third-order valence-corrected chi connectivity index (χ3v) is 1.93. The van der Waals surface area contributed by atoms with Crippen molar-refractivity contribution in [3.63, 3.8) is 0 Å². The van der Waals surface area contributed by atoms with Crippen LogP contribution in [-0.2, 0) is 4.79 Å². The summed E-state index contributed by atoms with van der Waals surface area (Å²) in [5.41, 5.74) is -0.194. The first-order valence-electron chi connectivity index (χ1n) is 3.88. The molecule has 0 aliphatic rings. The molecule has 0 unspecified atom stereocenters. The largest absolute Gasteiger partial charge is 0.385 e. The Morgan fingerprint density at radius 3 is 2.87 bits per heavy atom. The molecule has 7 heteroatoms. The summed E-state index contributed by atoms with van der Waals surface area (Å²) < 4.78 is 13.3. The van der Waals surface area contributed by atoms with E-state index in [-0.39, 0.29) is 22.8 Å². The fourth-order valence-electron chi connectivity index (χ4n) is 1.01. The molecule has 1 rings (SSSR count). The van der Waals surface area contributed by atoms with Gasteiger partial charge in [0.2, 0.25) is 6.41 Å². The van der Waals surface area contributed by atoms with Crippen LogP contribution >= 0.6 is 11.6 Å². The molecule has 1 aromatic heterocycles. The van der Waals surface area contributed by atoms with E-state index in [9.17, 15) is 14.0 Å². The Balaban J connectivity index is 3.24. The minimum Gasteiger partial charge on any atom is -0.385 e. The average molecular weight is 232 g/mol. The first-order valence-corrected chi connectivity index (χ1v) is 4.25. The van der Waals surface area contributed by atoms with Crippen molar-refractivity contribution in [3.05, 3.63) is 22.7 Å².